The van der Waals surface area contributed by atoms with E-state index in [4.69, 9.17) is 9.47 Å². The van der Waals surface area contributed by atoms with Crippen LogP contribution in [0.3, 0.4) is 0 Å². The number of fused-ring (bicyclic) bond motifs is 1. The molecule has 0 fully saturated rings. The summed E-state index contributed by atoms with van der Waals surface area (Å²) in [5, 5.41) is 9.74. The van der Waals surface area contributed by atoms with Gasteiger partial charge in [0.25, 0.3) is 0 Å². The molecule has 1 amide bonds. The Hall–Kier alpha value is -2.53. The molecule has 0 spiro atoms. The highest BCUT2D eigenvalue weighted by Gasteiger charge is 2.38. The molecule has 2 aromatic rings. The van der Waals surface area contributed by atoms with Gasteiger partial charge >= 0.3 is 0 Å². The first-order chi connectivity index (χ1) is 16.1. The summed E-state index contributed by atoms with van der Waals surface area (Å²) >= 11 is 0. The number of ether oxygens (including phenoxy) is 2. The number of carbonyl (C=O) groups is 1. The van der Waals surface area contributed by atoms with Gasteiger partial charge in [0, 0.05) is 32.7 Å². The molecule has 1 aliphatic rings. The minimum atomic E-state index is -4.00. The molecule has 0 bridgehead atoms. The number of halogens is 1. The summed E-state index contributed by atoms with van der Waals surface area (Å²) in [6.07, 6.45) is -0.545. The Morgan fingerprint density at radius 2 is 2.00 bits per heavy atom. The first-order valence-electron chi connectivity index (χ1n) is 11.0. The van der Waals surface area contributed by atoms with Crippen LogP contribution in [-0.2, 0) is 19.6 Å². The van der Waals surface area contributed by atoms with Crippen molar-refractivity contribution in [2.45, 2.75) is 30.9 Å². The van der Waals surface area contributed by atoms with Crippen molar-refractivity contribution >= 4 is 15.9 Å². The molecule has 0 aliphatic carbocycles. The third-order valence-corrected chi connectivity index (χ3v) is 7.99. The van der Waals surface area contributed by atoms with E-state index in [-0.39, 0.29) is 48.8 Å². The average molecular weight is 495 g/mol. The summed E-state index contributed by atoms with van der Waals surface area (Å²) in [7, 11) is -0.933. The van der Waals surface area contributed by atoms with E-state index in [1.807, 2.05) is 6.92 Å². The molecule has 3 rings (SSSR count). The topological polar surface area (TPSA) is 96.4 Å². The molecular weight excluding hydrogens is 463 g/mol. The van der Waals surface area contributed by atoms with Gasteiger partial charge in [-0.05, 0) is 42.3 Å². The van der Waals surface area contributed by atoms with Crippen LogP contribution < -0.4 is 4.74 Å². The highest BCUT2D eigenvalue weighted by Crippen LogP contribution is 2.36. The number of sulfonamides is 1. The van der Waals surface area contributed by atoms with E-state index in [1.54, 1.807) is 38.2 Å². The van der Waals surface area contributed by atoms with E-state index in [2.05, 4.69) is 0 Å². The summed E-state index contributed by atoms with van der Waals surface area (Å²) in [5.74, 6) is -0.846. The standard InChI is InChI=1S/C24H31FN2O6S/c1-16-12-27(17(2)14-28)34(30,31)23-9-8-19(18-6-5-7-20(25)10-18)11-21(23)33-22(16)13-26(3)24(29)15-32-4/h5-11,16-17,22,28H,12-15H2,1-4H3/t16-,17-,22-/m0/s1. The lowest BCUT2D eigenvalue weighted by molar-refractivity contribution is -0.135. The second-order valence-corrected chi connectivity index (χ2v) is 10.5. The molecule has 0 aromatic heterocycles. The molecule has 0 unspecified atom stereocenters. The Labute approximate surface area is 199 Å². The van der Waals surface area contributed by atoms with Crippen LogP contribution in [0, 0.1) is 11.7 Å². The number of nitrogens with zero attached hydrogens (tertiary/aromatic N) is 2. The number of aliphatic hydroxyl groups excluding tert-OH is 1. The number of aliphatic hydroxyl groups is 1. The van der Waals surface area contributed by atoms with Crippen molar-refractivity contribution in [2.75, 3.05) is 40.5 Å². The molecule has 2 aromatic carbocycles. The van der Waals surface area contributed by atoms with E-state index in [0.29, 0.717) is 11.1 Å². The first-order valence-corrected chi connectivity index (χ1v) is 12.4. The smallest absolute Gasteiger partial charge is 0.248 e. The number of amides is 1. The number of hydrogen-bond acceptors (Lipinski definition) is 6. The van der Waals surface area contributed by atoms with E-state index in [1.165, 1.54) is 34.5 Å². The van der Waals surface area contributed by atoms with Crippen molar-refractivity contribution in [1.29, 1.82) is 0 Å². The minimum Gasteiger partial charge on any atom is -0.487 e. The van der Waals surface area contributed by atoms with Crippen LogP contribution in [0.15, 0.2) is 47.4 Å². The van der Waals surface area contributed by atoms with Crippen molar-refractivity contribution in [2.24, 2.45) is 5.92 Å². The summed E-state index contributed by atoms with van der Waals surface area (Å²) < 4.78 is 53.3. The normalized spacial score (nSPS) is 21.0. The highest BCUT2D eigenvalue weighted by atomic mass is 32.2. The van der Waals surface area contributed by atoms with Crippen LogP contribution in [0.4, 0.5) is 4.39 Å². The van der Waals surface area contributed by atoms with Gasteiger partial charge in [0.1, 0.15) is 29.2 Å². The van der Waals surface area contributed by atoms with Gasteiger partial charge in [0.2, 0.25) is 15.9 Å². The van der Waals surface area contributed by atoms with Gasteiger partial charge in [-0.2, -0.15) is 4.31 Å². The molecule has 1 heterocycles. The first kappa shape index (κ1) is 26.1. The predicted octanol–water partition coefficient (Wildman–Crippen LogP) is 2.37. The number of carbonyl (C=O) groups excluding carboxylic acids is 1. The fourth-order valence-electron chi connectivity index (χ4n) is 3.90. The number of hydrogen-bond donors (Lipinski definition) is 1. The van der Waals surface area contributed by atoms with Crippen molar-refractivity contribution in [3.05, 3.63) is 48.3 Å². The Bertz CT molecular complexity index is 1130. The number of methoxy groups -OCH3 is 1. The van der Waals surface area contributed by atoms with Gasteiger partial charge in [-0.3, -0.25) is 4.79 Å². The third kappa shape index (κ3) is 5.57. The second-order valence-electron chi connectivity index (χ2n) is 8.62. The van der Waals surface area contributed by atoms with E-state index in [9.17, 15) is 22.7 Å². The van der Waals surface area contributed by atoms with E-state index in [0.717, 1.165) is 0 Å². The molecular formula is C24H31FN2O6S. The molecule has 10 heteroatoms. The van der Waals surface area contributed by atoms with Gasteiger partial charge in [-0.25, -0.2) is 12.8 Å². The van der Waals surface area contributed by atoms with Crippen LogP contribution in [0.25, 0.3) is 11.1 Å². The van der Waals surface area contributed by atoms with E-state index < -0.39 is 28.0 Å². The molecule has 3 atom stereocenters. The van der Waals surface area contributed by atoms with Gasteiger partial charge in [-0.15, -0.1) is 0 Å². The lowest BCUT2D eigenvalue weighted by atomic mass is 10.0. The number of rotatable bonds is 7. The van der Waals surface area contributed by atoms with Crippen LogP contribution in [0.5, 0.6) is 5.75 Å². The minimum absolute atomic E-state index is 0.0456. The lowest BCUT2D eigenvalue weighted by Crippen LogP contribution is -2.50. The molecule has 34 heavy (non-hydrogen) atoms. The van der Waals surface area contributed by atoms with Gasteiger partial charge in [0.15, 0.2) is 0 Å². The Kier molecular flexibility index (Phi) is 8.29. The predicted molar refractivity (Wildman–Crippen MR) is 125 cm³/mol. The van der Waals surface area contributed by atoms with E-state index >= 15 is 0 Å². The maximum absolute atomic E-state index is 13.8. The molecule has 1 N–H and O–H groups in total. The van der Waals surface area contributed by atoms with Gasteiger partial charge in [-0.1, -0.05) is 25.1 Å². The largest absolute Gasteiger partial charge is 0.487 e. The SMILES string of the molecule is COCC(=O)N(C)C[C@@H]1Oc2cc(-c3cccc(F)c3)ccc2S(=O)(=O)N([C@@H](C)CO)C[C@@H]1C. The number of benzene rings is 2. The monoisotopic (exact) mass is 494 g/mol. The van der Waals surface area contributed by atoms with Crippen LogP contribution in [0.1, 0.15) is 13.8 Å². The van der Waals surface area contributed by atoms with Crippen LogP contribution >= 0.6 is 0 Å². The molecule has 8 nitrogen and oxygen atoms in total. The zero-order valence-electron chi connectivity index (χ0n) is 19.8. The number of likely N-dealkylation sites (N-methyl/N-ethyl adjacent to an activating group) is 1. The maximum atomic E-state index is 13.8. The summed E-state index contributed by atoms with van der Waals surface area (Å²) in [4.78, 5) is 13.7. The van der Waals surface area contributed by atoms with Crippen molar-refractivity contribution < 1.29 is 32.2 Å². The molecule has 0 radical (unpaired) electrons. The zero-order chi connectivity index (χ0) is 25.0. The average Bonchev–Trinajstić information content (AvgIpc) is 2.80. The zero-order valence-corrected chi connectivity index (χ0v) is 20.6. The fourth-order valence-corrected chi connectivity index (χ4v) is 5.72. The molecule has 0 saturated heterocycles. The fraction of sp³-hybridized carbons (Fsp3) is 0.458. The van der Waals surface area contributed by atoms with Crippen molar-refractivity contribution in [3.8, 4) is 16.9 Å². The van der Waals surface area contributed by atoms with Crippen LogP contribution in [0.2, 0.25) is 0 Å². The highest BCUT2D eigenvalue weighted by molar-refractivity contribution is 7.89. The van der Waals surface area contributed by atoms with Crippen molar-refractivity contribution in [3.63, 3.8) is 0 Å². The van der Waals surface area contributed by atoms with Gasteiger partial charge < -0.3 is 19.5 Å². The van der Waals surface area contributed by atoms with Crippen LogP contribution in [-0.4, -0.2) is 81.2 Å². The molecule has 0 saturated carbocycles. The quantitative estimate of drug-likeness (QED) is 0.635. The Morgan fingerprint density at radius 1 is 1.29 bits per heavy atom. The van der Waals surface area contributed by atoms with Gasteiger partial charge in [0.05, 0.1) is 13.2 Å². The third-order valence-electron chi connectivity index (χ3n) is 5.97. The Balaban J connectivity index is 2.09. The lowest BCUT2D eigenvalue weighted by Gasteiger charge is -2.37. The maximum Gasteiger partial charge on any atom is 0.248 e. The van der Waals surface area contributed by atoms with Crippen molar-refractivity contribution in [1.82, 2.24) is 9.21 Å². The summed E-state index contributed by atoms with van der Waals surface area (Å²) in [6, 6.07) is 9.94. The summed E-state index contributed by atoms with van der Waals surface area (Å²) in [5.41, 5.74) is 1.16. The second kappa shape index (κ2) is 10.8. The summed E-state index contributed by atoms with van der Waals surface area (Å²) in [6.45, 7) is 3.35. The molecule has 186 valence electrons. The Morgan fingerprint density at radius 3 is 2.65 bits per heavy atom. The molecule has 1 aliphatic heterocycles.